The van der Waals surface area contributed by atoms with E-state index in [9.17, 15) is 4.79 Å². The lowest BCUT2D eigenvalue weighted by atomic mass is 10.1. The molecular formula is C18H15N3O. The predicted octanol–water partition coefficient (Wildman–Crippen LogP) is 0.875. The van der Waals surface area contributed by atoms with Gasteiger partial charge in [0.1, 0.15) is 12.4 Å². The van der Waals surface area contributed by atoms with Crippen LogP contribution >= 0.6 is 0 Å². The molecule has 2 aliphatic rings. The number of carbonyl (C=O) groups is 1. The summed E-state index contributed by atoms with van der Waals surface area (Å²) in [5.41, 5.74) is 1.09. The van der Waals surface area contributed by atoms with Crippen LogP contribution in [0.1, 0.15) is 5.56 Å². The van der Waals surface area contributed by atoms with Crippen molar-refractivity contribution in [3.8, 4) is 0 Å². The van der Waals surface area contributed by atoms with Crippen LogP contribution in [-0.2, 0) is 11.3 Å². The number of hydrogen-bond acceptors (Lipinski definition) is 3. The van der Waals surface area contributed by atoms with Gasteiger partial charge in [-0.2, -0.15) is 5.10 Å². The van der Waals surface area contributed by atoms with E-state index in [4.69, 9.17) is 0 Å². The fourth-order valence-electron chi connectivity index (χ4n) is 2.79. The Labute approximate surface area is 128 Å². The van der Waals surface area contributed by atoms with Gasteiger partial charge < -0.3 is 0 Å². The van der Waals surface area contributed by atoms with Crippen molar-refractivity contribution >= 4 is 24.5 Å². The normalized spacial score (nSPS) is 19.1. The minimum absolute atomic E-state index is 0.0459. The van der Waals surface area contributed by atoms with E-state index in [1.807, 2.05) is 66.9 Å². The molecule has 2 aromatic carbocycles. The average molecular weight is 289 g/mol. The maximum absolute atomic E-state index is 12.7. The van der Waals surface area contributed by atoms with Crippen LogP contribution in [0.2, 0.25) is 0 Å². The third-order valence-electron chi connectivity index (χ3n) is 3.95. The van der Waals surface area contributed by atoms with Gasteiger partial charge in [-0.3, -0.25) is 14.7 Å². The summed E-state index contributed by atoms with van der Waals surface area (Å²) in [4.78, 5) is 14.4. The van der Waals surface area contributed by atoms with Gasteiger partial charge >= 0.3 is 0 Å². The van der Waals surface area contributed by atoms with Gasteiger partial charge in [0.2, 0.25) is 0 Å². The maximum Gasteiger partial charge on any atom is 0.256 e. The largest absolute Gasteiger partial charge is 0.295 e. The highest BCUT2D eigenvalue weighted by Crippen LogP contribution is 2.15. The second kappa shape index (κ2) is 5.15. The van der Waals surface area contributed by atoms with Crippen LogP contribution < -0.4 is 10.4 Å². The highest BCUT2D eigenvalue weighted by atomic mass is 16.2. The van der Waals surface area contributed by atoms with Crippen molar-refractivity contribution in [2.45, 2.75) is 12.6 Å². The first-order valence-electron chi connectivity index (χ1n) is 7.27. The van der Waals surface area contributed by atoms with Crippen molar-refractivity contribution in [3.05, 3.63) is 70.6 Å². The highest BCUT2D eigenvalue weighted by molar-refractivity contribution is 5.97. The number of hydrazone groups is 1. The van der Waals surface area contributed by atoms with Crippen LogP contribution in [0.3, 0.4) is 0 Å². The number of amides is 1. The zero-order valence-electron chi connectivity index (χ0n) is 12.0. The predicted molar refractivity (Wildman–Crippen MR) is 85.7 cm³/mol. The number of hydrogen-bond donors (Lipinski definition) is 0. The molecule has 1 unspecified atom stereocenters. The van der Waals surface area contributed by atoms with E-state index >= 15 is 0 Å². The minimum Gasteiger partial charge on any atom is -0.295 e. The first-order valence-corrected chi connectivity index (χ1v) is 7.27. The lowest BCUT2D eigenvalue weighted by Gasteiger charge is -2.33. The Morgan fingerprint density at radius 2 is 1.68 bits per heavy atom. The number of fused-ring (bicyclic) bond motifs is 2. The summed E-state index contributed by atoms with van der Waals surface area (Å²) in [5.74, 6) is 0.0459. The van der Waals surface area contributed by atoms with E-state index < -0.39 is 0 Å². The molecule has 0 bridgehead atoms. The van der Waals surface area contributed by atoms with E-state index in [1.54, 1.807) is 16.2 Å². The molecule has 1 amide bonds. The van der Waals surface area contributed by atoms with Crippen LogP contribution in [0.5, 0.6) is 0 Å². The summed E-state index contributed by atoms with van der Waals surface area (Å²) in [6.45, 7) is 0.545. The maximum atomic E-state index is 12.7. The second-order valence-corrected chi connectivity index (χ2v) is 5.43. The SMILES string of the molecule is O=C1C2C=c3ccccc3=CN2N=CN1Cc1ccccc1. The van der Waals surface area contributed by atoms with Crippen molar-refractivity contribution in [1.29, 1.82) is 0 Å². The first-order chi connectivity index (χ1) is 10.8. The zero-order chi connectivity index (χ0) is 14.9. The monoisotopic (exact) mass is 289 g/mol. The van der Waals surface area contributed by atoms with Crippen molar-refractivity contribution in [3.63, 3.8) is 0 Å². The fraction of sp³-hybridized carbons (Fsp3) is 0.111. The molecular weight excluding hydrogens is 274 g/mol. The number of carbonyl (C=O) groups excluding carboxylic acids is 1. The Kier molecular flexibility index (Phi) is 3.00. The van der Waals surface area contributed by atoms with Crippen LogP contribution in [0, 0.1) is 0 Å². The summed E-state index contributed by atoms with van der Waals surface area (Å²) >= 11 is 0. The van der Waals surface area contributed by atoms with E-state index in [-0.39, 0.29) is 11.9 Å². The van der Waals surface area contributed by atoms with Crippen molar-refractivity contribution in [1.82, 2.24) is 9.91 Å². The minimum atomic E-state index is -0.358. The average Bonchev–Trinajstić information content (AvgIpc) is 2.57. The molecule has 0 radical (unpaired) electrons. The number of benzene rings is 2. The highest BCUT2D eigenvalue weighted by Gasteiger charge is 2.31. The molecule has 0 saturated carbocycles. The molecule has 2 aliphatic heterocycles. The molecule has 22 heavy (non-hydrogen) atoms. The van der Waals surface area contributed by atoms with Gasteiger partial charge in [-0.25, -0.2) is 0 Å². The van der Waals surface area contributed by atoms with Gasteiger partial charge in [0.25, 0.3) is 5.91 Å². The molecule has 1 atom stereocenters. The molecule has 0 N–H and O–H groups in total. The molecule has 4 heteroatoms. The van der Waals surface area contributed by atoms with Crippen LogP contribution in [0.15, 0.2) is 59.7 Å². The molecule has 0 aliphatic carbocycles. The third-order valence-corrected chi connectivity index (χ3v) is 3.95. The standard InChI is InChI=1S/C18H15N3O/c22-18-17-10-15-8-4-5-9-16(15)12-21(17)19-13-20(18)11-14-6-2-1-3-7-14/h1-10,12-13,17H,11H2. The lowest BCUT2D eigenvalue weighted by Crippen LogP contribution is -2.51. The fourth-order valence-corrected chi connectivity index (χ4v) is 2.79. The van der Waals surface area contributed by atoms with Gasteiger partial charge in [0, 0.05) is 6.20 Å². The Morgan fingerprint density at radius 3 is 2.50 bits per heavy atom. The Hall–Kier alpha value is -2.88. The summed E-state index contributed by atoms with van der Waals surface area (Å²) in [7, 11) is 0. The molecule has 0 fully saturated rings. The Bertz CT molecular complexity index is 857. The van der Waals surface area contributed by atoms with Crippen molar-refractivity contribution in [2.24, 2.45) is 5.10 Å². The quantitative estimate of drug-likeness (QED) is 0.822. The summed E-state index contributed by atoms with van der Waals surface area (Å²) < 4.78 is 0. The molecule has 2 heterocycles. The first kappa shape index (κ1) is 12.8. The number of rotatable bonds is 2. The summed E-state index contributed by atoms with van der Waals surface area (Å²) in [5, 5.41) is 8.29. The Morgan fingerprint density at radius 1 is 0.955 bits per heavy atom. The number of nitrogens with zero attached hydrogens (tertiary/aromatic N) is 3. The van der Waals surface area contributed by atoms with E-state index in [0.29, 0.717) is 6.54 Å². The lowest BCUT2D eigenvalue weighted by molar-refractivity contribution is -0.131. The van der Waals surface area contributed by atoms with Crippen molar-refractivity contribution in [2.75, 3.05) is 0 Å². The van der Waals surface area contributed by atoms with Crippen LogP contribution in [0.25, 0.3) is 12.3 Å². The molecule has 0 spiro atoms. The Balaban J connectivity index is 1.67. The summed E-state index contributed by atoms with van der Waals surface area (Å²) in [6.07, 6.45) is 5.52. The molecule has 4 nitrogen and oxygen atoms in total. The van der Waals surface area contributed by atoms with Gasteiger partial charge in [-0.1, -0.05) is 54.6 Å². The van der Waals surface area contributed by atoms with E-state index in [2.05, 4.69) is 5.10 Å². The smallest absolute Gasteiger partial charge is 0.256 e. The third kappa shape index (κ3) is 2.19. The summed E-state index contributed by atoms with van der Waals surface area (Å²) in [6, 6.07) is 17.6. The zero-order valence-corrected chi connectivity index (χ0v) is 12.0. The molecule has 0 aromatic heterocycles. The van der Waals surface area contributed by atoms with Crippen LogP contribution in [-0.4, -0.2) is 28.2 Å². The molecule has 0 saturated heterocycles. The van der Waals surface area contributed by atoms with Crippen LogP contribution in [0.4, 0.5) is 0 Å². The van der Waals surface area contributed by atoms with E-state index in [0.717, 1.165) is 16.0 Å². The van der Waals surface area contributed by atoms with E-state index in [1.165, 1.54) is 0 Å². The molecule has 108 valence electrons. The van der Waals surface area contributed by atoms with Gasteiger partial charge in [0.15, 0.2) is 0 Å². The van der Waals surface area contributed by atoms with Gasteiger partial charge in [-0.15, -0.1) is 0 Å². The molecule has 4 rings (SSSR count). The van der Waals surface area contributed by atoms with Crippen molar-refractivity contribution < 1.29 is 4.79 Å². The molecule has 2 aromatic rings. The van der Waals surface area contributed by atoms with Gasteiger partial charge in [0.05, 0.1) is 6.54 Å². The van der Waals surface area contributed by atoms with Gasteiger partial charge in [-0.05, 0) is 22.1 Å². The second-order valence-electron chi connectivity index (χ2n) is 5.43. The topological polar surface area (TPSA) is 35.9 Å².